The second-order valence-electron chi connectivity index (χ2n) is 10.9. The van der Waals surface area contributed by atoms with Crippen molar-refractivity contribution in [1.82, 2.24) is 24.4 Å². The number of likely N-dealkylation sites (tertiary alicyclic amines) is 1. The summed E-state index contributed by atoms with van der Waals surface area (Å²) in [6.07, 6.45) is 2.37. The maximum Gasteiger partial charge on any atom is 0.419 e. The maximum absolute atomic E-state index is 14.0. The van der Waals surface area contributed by atoms with Gasteiger partial charge in [0, 0.05) is 49.4 Å². The number of carbonyl (C=O) groups excluding carboxylic acids is 1. The highest BCUT2D eigenvalue weighted by molar-refractivity contribution is 6.03. The molecule has 2 aromatic heterocycles. The molecule has 1 atom stereocenters. The molecule has 3 aromatic rings. The highest BCUT2D eigenvalue weighted by Gasteiger charge is 2.36. The van der Waals surface area contributed by atoms with Crippen LogP contribution in [0.1, 0.15) is 61.4 Å². The van der Waals surface area contributed by atoms with Gasteiger partial charge in [-0.2, -0.15) is 13.2 Å². The summed E-state index contributed by atoms with van der Waals surface area (Å²) in [7, 11) is 0. The maximum atomic E-state index is 14.0. The van der Waals surface area contributed by atoms with Crippen molar-refractivity contribution in [2.24, 2.45) is 0 Å². The zero-order valence-corrected chi connectivity index (χ0v) is 22.2. The van der Waals surface area contributed by atoms with Crippen molar-refractivity contribution < 1.29 is 22.4 Å². The van der Waals surface area contributed by atoms with Crippen LogP contribution < -0.4 is 10.2 Å². The van der Waals surface area contributed by atoms with Crippen LogP contribution in [0.5, 0.6) is 0 Å². The Kier molecular flexibility index (Phi) is 6.97. The minimum Gasteiger partial charge on any atom is -0.356 e. The minimum absolute atomic E-state index is 0.0892. The lowest BCUT2D eigenvalue weighted by Gasteiger charge is -2.33. The highest BCUT2D eigenvalue weighted by atomic mass is 19.4. The van der Waals surface area contributed by atoms with Crippen LogP contribution in [0.2, 0.25) is 0 Å². The van der Waals surface area contributed by atoms with Gasteiger partial charge in [-0.1, -0.05) is 0 Å². The van der Waals surface area contributed by atoms with Crippen LogP contribution in [0.4, 0.5) is 29.2 Å². The Morgan fingerprint density at radius 2 is 1.80 bits per heavy atom. The Morgan fingerprint density at radius 3 is 2.52 bits per heavy atom. The lowest BCUT2D eigenvalue weighted by molar-refractivity contribution is -0.140. The first-order valence-electron chi connectivity index (χ1n) is 13.8. The van der Waals surface area contributed by atoms with Gasteiger partial charge in [0.25, 0.3) is 0 Å². The lowest BCUT2D eigenvalue weighted by Crippen LogP contribution is -2.35. The summed E-state index contributed by atoms with van der Waals surface area (Å²) >= 11 is 0. The van der Waals surface area contributed by atoms with Crippen molar-refractivity contribution in [1.29, 1.82) is 0 Å². The molecule has 3 aliphatic heterocycles. The molecule has 2 fully saturated rings. The van der Waals surface area contributed by atoms with Gasteiger partial charge in [0.2, 0.25) is 5.91 Å². The van der Waals surface area contributed by atoms with Crippen molar-refractivity contribution in [2.45, 2.75) is 57.2 Å². The van der Waals surface area contributed by atoms with E-state index in [9.17, 15) is 22.4 Å². The van der Waals surface area contributed by atoms with Gasteiger partial charge < -0.3 is 19.7 Å². The summed E-state index contributed by atoms with van der Waals surface area (Å²) in [4.78, 5) is 30.3. The normalized spacial score (nSPS) is 20.3. The van der Waals surface area contributed by atoms with E-state index in [4.69, 9.17) is 4.98 Å². The van der Waals surface area contributed by atoms with E-state index in [0.29, 0.717) is 31.1 Å². The second-order valence-corrected chi connectivity index (χ2v) is 10.9. The van der Waals surface area contributed by atoms with E-state index in [-0.39, 0.29) is 23.3 Å². The predicted molar refractivity (Wildman–Crippen MR) is 142 cm³/mol. The molecule has 40 heavy (non-hydrogen) atoms. The number of hydrogen-bond donors (Lipinski definition) is 1. The number of hydrogen-bond acceptors (Lipinski definition) is 6. The van der Waals surface area contributed by atoms with Gasteiger partial charge in [-0.15, -0.1) is 0 Å². The second kappa shape index (κ2) is 10.5. The van der Waals surface area contributed by atoms with Crippen molar-refractivity contribution in [3.8, 4) is 11.3 Å². The molecule has 0 aliphatic carbocycles. The quantitative estimate of drug-likeness (QED) is 0.429. The van der Waals surface area contributed by atoms with Gasteiger partial charge in [0.1, 0.15) is 29.6 Å². The zero-order chi connectivity index (χ0) is 28.0. The molecule has 12 heteroatoms. The fourth-order valence-corrected chi connectivity index (χ4v) is 6.07. The standard InChI is InChI=1S/C28H31F4N7O/c1-17-23-24(36-27(17)40)33-16-34-26(23)38-10-6-18(7-11-38)25-35-22(15-39(25)13-12-37-8-2-3-9-37)19-4-5-21(29)20(14-19)28(30,31)32/h4-5,14-18H,2-3,6-13H2,1H3,(H,33,34,36,40). The zero-order valence-electron chi connectivity index (χ0n) is 22.2. The fourth-order valence-electron chi connectivity index (χ4n) is 6.07. The fraction of sp³-hybridized carbons (Fsp3) is 0.500. The Morgan fingerprint density at radius 1 is 1.05 bits per heavy atom. The molecule has 0 spiro atoms. The van der Waals surface area contributed by atoms with Crippen LogP contribution >= 0.6 is 0 Å². The Balaban J connectivity index is 1.26. The SMILES string of the molecule is CC1C(=O)Nc2ncnc(N3CCC(c4nc(-c5ccc(F)c(C(F)(F)F)c5)cn4CCN4CCCC4)CC3)c21. The van der Waals surface area contributed by atoms with Gasteiger partial charge in [0.05, 0.1) is 17.2 Å². The van der Waals surface area contributed by atoms with Crippen molar-refractivity contribution in [3.05, 3.63) is 53.5 Å². The van der Waals surface area contributed by atoms with Crippen LogP contribution in [-0.4, -0.2) is 63.0 Å². The molecule has 1 aromatic carbocycles. The molecule has 1 unspecified atom stereocenters. The average Bonchev–Trinajstić information content (AvgIpc) is 3.67. The van der Waals surface area contributed by atoms with Crippen molar-refractivity contribution in [3.63, 3.8) is 0 Å². The summed E-state index contributed by atoms with van der Waals surface area (Å²) in [5.74, 6) is 0.548. The summed E-state index contributed by atoms with van der Waals surface area (Å²) < 4.78 is 56.3. The Bertz CT molecular complexity index is 1410. The van der Waals surface area contributed by atoms with Crippen LogP contribution in [0.15, 0.2) is 30.7 Å². The molecule has 212 valence electrons. The van der Waals surface area contributed by atoms with Gasteiger partial charge in [-0.05, 0) is 63.9 Å². The summed E-state index contributed by atoms with van der Waals surface area (Å²) in [6, 6.07) is 3.07. The summed E-state index contributed by atoms with van der Waals surface area (Å²) in [5.41, 5.74) is 0.189. The third-order valence-electron chi connectivity index (χ3n) is 8.32. The molecule has 0 saturated carbocycles. The van der Waals surface area contributed by atoms with Crippen LogP contribution in [0.3, 0.4) is 0 Å². The van der Waals surface area contributed by atoms with Crippen LogP contribution in [0.25, 0.3) is 11.3 Å². The number of fused-ring (bicyclic) bond motifs is 1. The van der Waals surface area contributed by atoms with Crippen molar-refractivity contribution in [2.75, 3.05) is 42.9 Å². The molecular weight excluding hydrogens is 526 g/mol. The van der Waals surface area contributed by atoms with Gasteiger partial charge in [-0.25, -0.2) is 19.3 Å². The van der Waals surface area contributed by atoms with Gasteiger partial charge in [0.15, 0.2) is 0 Å². The molecule has 1 N–H and O–H groups in total. The van der Waals surface area contributed by atoms with E-state index in [0.717, 1.165) is 61.8 Å². The molecule has 8 nitrogen and oxygen atoms in total. The first kappa shape index (κ1) is 26.7. The molecule has 2 saturated heterocycles. The third-order valence-corrected chi connectivity index (χ3v) is 8.32. The number of nitrogens with one attached hydrogen (secondary N) is 1. The average molecular weight is 558 g/mol. The van der Waals surface area contributed by atoms with Crippen LogP contribution in [0, 0.1) is 5.82 Å². The smallest absolute Gasteiger partial charge is 0.356 e. The number of rotatable bonds is 6. The highest BCUT2D eigenvalue weighted by Crippen LogP contribution is 2.39. The molecule has 6 rings (SSSR count). The monoisotopic (exact) mass is 557 g/mol. The molecule has 3 aliphatic rings. The summed E-state index contributed by atoms with van der Waals surface area (Å²) in [5, 5.41) is 2.81. The number of nitrogens with zero attached hydrogens (tertiary/aromatic N) is 6. The predicted octanol–water partition coefficient (Wildman–Crippen LogP) is 5.03. The van der Waals surface area contributed by atoms with Gasteiger partial charge >= 0.3 is 6.18 Å². The van der Waals surface area contributed by atoms with E-state index in [1.807, 2.05) is 6.92 Å². The number of alkyl halides is 3. The number of piperidine rings is 1. The lowest BCUT2D eigenvalue weighted by atomic mass is 9.95. The Hall–Kier alpha value is -3.54. The van der Waals surface area contributed by atoms with E-state index >= 15 is 0 Å². The van der Waals surface area contributed by atoms with Crippen LogP contribution in [-0.2, 0) is 17.5 Å². The number of benzene rings is 1. The topological polar surface area (TPSA) is 79.2 Å². The minimum atomic E-state index is -4.78. The van der Waals surface area contributed by atoms with E-state index < -0.39 is 17.6 Å². The first-order valence-corrected chi connectivity index (χ1v) is 13.8. The van der Waals surface area contributed by atoms with Crippen molar-refractivity contribution >= 4 is 17.5 Å². The number of halogens is 4. The van der Waals surface area contributed by atoms with E-state index in [1.165, 1.54) is 25.2 Å². The molecule has 1 amide bonds. The van der Waals surface area contributed by atoms with E-state index in [2.05, 4.69) is 29.7 Å². The molecule has 0 radical (unpaired) electrons. The largest absolute Gasteiger partial charge is 0.419 e. The summed E-state index contributed by atoms with van der Waals surface area (Å²) in [6.45, 7) is 6.84. The molecular formula is C28H31F4N7O. The number of amides is 1. The molecule has 5 heterocycles. The first-order chi connectivity index (χ1) is 19.2. The number of aromatic nitrogens is 4. The number of carbonyl (C=O) groups is 1. The number of imidazole rings is 1. The number of anilines is 2. The van der Waals surface area contributed by atoms with E-state index in [1.54, 1.807) is 6.20 Å². The third kappa shape index (κ3) is 5.04. The molecule has 0 bridgehead atoms. The van der Waals surface area contributed by atoms with Gasteiger partial charge in [-0.3, -0.25) is 4.79 Å². The Labute approximate surface area is 229 Å².